The minimum atomic E-state index is 0.0750. The zero-order valence-electron chi connectivity index (χ0n) is 9.94. The molecule has 1 heterocycles. The Balaban J connectivity index is 2.20. The van der Waals surface area contributed by atoms with Gasteiger partial charge in [0.2, 0.25) is 5.91 Å². The van der Waals surface area contributed by atoms with E-state index in [-0.39, 0.29) is 5.91 Å². The predicted molar refractivity (Wildman–Crippen MR) is 63.9 cm³/mol. The molecule has 0 unspecified atom stereocenters. The molecular formula is C12H19N3O. The van der Waals surface area contributed by atoms with Crippen LogP contribution in [0.5, 0.6) is 0 Å². The molecule has 4 nitrogen and oxygen atoms in total. The van der Waals surface area contributed by atoms with Crippen molar-refractivity contribution in [2.24, 2.45) is 0 Å². The molecule has 0 spiro atoms. The third-order valence-electron chi connectivity index (χ3n) is 2.45. The molecule has 0 bridgehead atoms. The van der Waals surface area contributed by atoms with Crippen molar-refractivity contribution in [1.29, 1.82) is 0 Å². The lowest BCUT2D eigenvalue weighted by Crippen LogP contribution is -2.28. The highest BCUT2D eigenvalue weighted by Gasteiger charge is 2.03. The molecule has 1 N–H and O–H groups in total. The van der Waals surface area contributed by atoms with Crippen molar-refractivity contribution in [3.05, 3.63) is 30.1 Å². The number of nitrogens with zero attached hydrogens (tertiary/aromatic N) is 2. The summed E-state index contributed by atoms with van der Waals surface area (Å²) in [5.41, 5.74) is 0.889. The van der Waals surface area contributed by atoms with Gasteiger partial charge in [0.1, 0.15) is 0 Å². The van der Waals surface area contributed by atoms with Crippen LogP contribution >= 0.6 is 0 Å². The van der Waals surface area contributed by atoms with Gasteiger partial charge in [0.25, 0.3) is 0 Å². The fourth-order valence-electron chi connectivity index (χ4n) is 1.23. The third-order valence-corrected chi connectivity index (χ3v) is 2.45. The first-order valence-corrected chi connectivity index (χ1v) is 5.57. The van der Waals surface area contributed by atoms with Crippen LogP contribution in [-0.2, 0) is 11.3 Å². The molecule has 1 rings (SSSR count). The van der Waals surface area contributed by atoms with E-state index in [1.54, 1.807) is 6.20 Å². The molecule has 4 heteroatoms. The molecule has 0 fully saturated rings. The molecule has 0 aliphatic rings. The second kappa shape index (κ2) is 6.95. The lowest BCUT2D eigenvalue weighted by atomic mass is 10.3. The summed E-state index contributed by atoms with van der Waals surface area (Å²) in [5, 5.41) is 2.85. The van der Waals surface area contributed by atoms with Crippen molar-refractivity contribution in [2.45, 2.75) is 19.9 Å². The first-order chi connectivity index (χ1) is 7.72. The van der Waals surface area contributed by atoms with Crippen molar-refractivity contribution < 1.29 is 4.79 Å². The maximum atomic E-state index is 11.5. The van der Waals surface area contributed by atoms with E-state index in [2.05, 4.69) is 22.1 Å². The molecule has 88 valence electrons. The fraction of sp³-hybridized carbons (Fsp3) is 0.500. The molecule has 0 aliphatic carbocycles. The molecule has 1 amide bonds. The van der Waals surface area contributed by atoms with Crippen molar-refractivity contribution in [2.75, 3.05) is 20.1 Å². The molecule has 1 aromatic rings. The van der Waals surface area contributed by atoms with Crippen LogP contribution in [0.1, 0.15) is 19.0 Å². The van der Waals surface area contributed by atoms with E-state index < -0.39 is 0 Å². The van der Waals surface area contributed by atoms with E-state index in [0.717, 1.165) is 18.8 Å². The summed E-state index contributed by atoms with van der Waals surface area (Å²) in [4.78, 5) is 17.7. The summed E-state index contributed by atoms with van der Waals surface area (Å²) in [6.07, 6.45) is 2.27. The average molecular weight is 221 g/mol. The molecule has 16 heavy (non-hydrogen) atoms. The van der Waals surface area contributed by atoms with E-state index in [9.17, 15) is 4.79 Å². The Kier molecular flexibility index (Phi) is 5.50. The first-order valence-electron chi connectivity index (χ1n) is 5.57. The quantitative estimate of drug-likeness (QED) is 0.780. The van der Waals surface area contributed by atoms with E-state index in [0.29, 0.717) is 13.0 Å². The van der Waals surface area contributed by atoms with Gasteiger partial charge in [0, 0.05) is 19.2 Å². The minimum absolute atomic E-state index is 0.0750. The van der Waals surface area contributed by atoms with Gasteiger partial charge in [0.05, 0.1) is 12.2 Å². The predicted octanol–water partition coefficient (Wildman–Crippen LogP) is 1.04. The van der Waals surface area contributed by atoms with Gasteiger partial charge in [-0.2, -0.15) is 0 Å². The minimum Gasteiger partial charge on any atom is -0.350 e. The van der Waals surface area contributed by atoms with Gasteiger partial charge in [-0.1, -0.05) is 13.0 Å². The van der Waals surface area contributed by atoms with Crippen LogP contribution in [0.15, 0.2) is 24.4 Å². The first kappa shape index (κ1) is 12.6. The van der Waals surface area contributed by atoms with E-state index >= 15 is 0 Å². The molecular weight excluding hydrogens is 202 g/mol. The zero-order valence-corrected chi connectivity index (χ0v) is 9.94. The number of hydrogen-bond acceptors (Lipinski definition) is 3. The highest BCUT2D eigenvalue weighted by atomic mass is 16.1. The Morgan fingerprint density at radius 1 is 1.50 bits per heavy atom. The van der Waals surface area contributed by atoms with E-state index in [1.807, 2.05) is 25.2 Å². The van der Waals surface area contributed by atoms with Crippen LogP contribution in [0.3, 0.4) is 0 Å². The number of amides is 1. The standard InChI is InChI=1S/C12H19N3O/c1-3-15(2)9-7-12(16)14-10-11-6-4-5-8-13-11/h4-6,8H,3,7,9-10H2,1-2H3,(H,14,16). The normalized spacial score (nSPS) is 10.4. The number of nitrogens with one attached hydrogen (secondary N) is 1. The summed E-state index contributed by atoms with van der Waals surface area (Å²) in [5.74, 6) is 0.0750. The average Bonchev–Trinajstić information content (AvgIpc) is 2.34. The number of rotatable bonds is 6. The molecule has 0 atom stereocenters. The van der Waals surface area contributed by atoms with Gasteiger partial charge in [-0.25, -0.2) is 0 Å². The summed E-state index contributed by atoms with van der Waals surface area (Å²) < 4.78 is 0. The highest BCUT2D eigenvalue weighted by Crippen LogP contribution is 1.93. The molecule has 0 radical (unpaired) electrons. The van der Waals surface area contributed by atoms with Crippen molar-refractivity contribution in [3.8, 4) is 0 Å². The Bertz CT molecular complexity index is 313. The summed E-state index contributed by atoms with van der Waals surface area (Å²) in [7, 11) is 2.01. The van der Waals surface area contributed by atoms with Gasteiger partial charge < -0.3 is 10.2 Å². The molecule has 0 aromatic carbocycles. The molecule has 0 aliphatic heterocycles. The lowest BCUT2D eigenvalue weighted by Gasteiger charge is -2.12. The third kappa shape index (κ3) is 4.89. The second-order valence-corrected chi connectivity index (χ2v) is 3.74. The molecule has 0 saturated heterocycles. The zero-order chi connectivity index (χ0) is 11.8. The van der Waals surface area contributed by atoms with Gasteiger partial charge >= 0.3 is 0 Å². The highest BCUT2D eigenvalue weighted by molar-refractivity contribution is 5.75. The summed E-state index contributed by atoms with van der Waals surface area (Å²) >= 11 is 0. The van der Waals surface area contributed by atoms with Crippen LogP contribution in [0.2, 0.25) is 0 Å². The Labute approximate surface area is 96.7 Å². The maximum Gasteiger partial charge on any atom is 0.221 e. The Morgan fingerprint density at radius 3 is 2.94 bits per heavy atom. The lowest BCUT2D eigenvalue weighted by molar-refractivity contribution is -0.121. The largest absolute Gasteiger partial charge is 0.350 e. The van der Waals surface area contributed by atoms with Crippen molar-refractivity contribution in [1.82, 2.24) is 15.2 Å². The number of pyridine rings is 1. The second-order valence-electron chi connectivity index (χ2n) is 3.74. The fourth-order valence-corrected chi connectivity index (χ4v) is 1.23. The summed E-state index contributed by atoms with van der Waals surface area (Å²) in [6.45, 7) is 4.35. The van der Waals surface area contributed by atoms with Gasteiger partial charge in [-0.05, 0) is 25.7 Å². The number of carbonyl (C=O) groups is 1. The summed E-state index contributed by atoms with van der Waals surface area (Å²) in [6, 6.07) is 5.68. The monoisotopic (exact) mass is 221 g/mol. The SMILES string of the molecule is CCN(C)CCC(=O)NCc1ccccn1. The van der Waals surface area contributed by atoms with E-state index in [4.69, 9.17) is 0 Å². The van der Waals surface area contributed by atoms with Gasteiger partial charge in [-0.3, -0.25) is 9.78 Å². The number of hydrogen-bond donors (Lipinski definition) is 1. The molecule has 1 aromatic heterocycles. The van der Waals surface area contributed by atoms with Crippen LogP contribution < -0.4 is 5.32 Å². The van der Waals surface area contributed by atoms with Crippen LogP contribution in [0.25, 0.3) is 0 Å². The smallest absolute Gasteiger partial charge is 0.221 e. The van der Waals surface area contributed by atoms with Crippen molar-refractivity contribution in [3.63, 3.8) is 0 Å². The van der Waals surface area contributed by atoms with Crippen LogP contribution in [0.4, 0.5) is 0 Å². The van der Waals surface area contributed by atoms with E-state index in [1.165, 1.54) is 0 Å². The van der Waals surface area contributed by atoms with Crippen molar-refractivity contribution >= 4 is 5.91 Å². The number of aromatic nitrogens is 1. The molecule has 0 saturated carbocycles. The topological polar surface area (TPSA) is 45.2 Å². The maximum absolute atomic E-state index is 11.5. The van der Waals surface area contributed by atoms with Gasteiger partial charge in [0.15, 0.2) is 0 Å². The van der Waals surface area contributed by atoms with Crippen LogP contribution in [-0.4, -0.2) is 35.9 Å². The van der Waals surface area contributed by atoms with Crippen LogP contribution in [0, 0.1) is 0 Å². The Morgan fingerprint density at radius 2 is 2.31 bits per heavy atom. The Hall–Kier alpha value is -1.42. The number of carbonyl (C=O) groups excluding carboxylic acids is 1. The van der Waals surface area contributed by atoms with Gasteiger partial charge in [-0.15, -0.1) is 0 Å².